The molecule has 0 saturated carbocycles. The van der Waals surface area contributed by atoms with Crippen molar-refractivity contribution in [1.82, 2.24) is 4.90 Å². The number of hydrogen-bond acceptors (Lipinski definition) is 5. The summed E-state index contributed by atoms with van der Waals surface area (Å²) in [6, 6.07) is 10.4. The number of nitrogens with zero attached hydrogens (tertiary/aromatic N) is 1. The monoisotopic (exact) mass is 439 g/mol. The highest BCUT2D eigenvalue weighted by Gasteiger charge is 2.42. The third kappa shape index (κ3) is 4.12. The second kappa shape index (κ2) is 9.12. The Bertz CT molecular complexity index is 1200. The van der Waals surface area contributed by atoms with Crippen LogP contribution in [0.1, 0.15) is 48.0 Å². The van der Waals surface area contributed by atoms with E-state index in [1.807, 2.05) is 24.3 Å². The minimum atomic E-state index is -0.676. The van der Waals surface area contributed by atoms with E-state index < -0.39 is 23.2 Å². The molecule has 1 aliphatic rings. The van der Waals surface area contributed by atoms with Crippen LogP contribution in [0.2, 0.25) is 0 Å². The third-order valence-electron chi connectivity index (χ3n) is 5.60. The molecule has 0 bridgehead atoms. The predicted molar refractivity (Wildman–Crippen MR) is 119 cm³/mol. The van der Waals surface area contributed by atoms with Gasteiger partial charge in [-0.1, -0.05) is 26.0 Å². The number of fused-ring (bicyclic) bond motifs is 2. The van der Waals surface area contributed by atoms with Crippen molar-refractivity contribution in [3.8, 4) is 5.75 Å². The molecule has 0 N–H and O–H groups in total. The summed E-state index contributed by atoms with van der Waals surface area (Å²) >= 11 is 0. The van der Waals surface area contributed by atoms with Gasteiger partial charge in [0.25, 0.3) is 5.91 Å². The van der Waals surface area contributed by atoms with Gasteiger partial charge in [-0.05, 0) is 48.2 Å². The number of hydrogen-bond donors (Lipinski definition) is 0. The van der Waals surface area contributed by atoms with Crippen molar-refractivity contribution >= 4 is 16.9 Å². The van der Waals surface area contributed by atoms with E-state index in [-0.39, 0.29) is 28.8 Å². The van der Waals surface area contributed by atoms with Gasteiger partial charge in [0.1, 0.15) is 17.1 Å². The summed E-state index contributed by atoms with van der Waals surface area (Å²) in [5.74, 6) is 0.229. The quantitative estimate of drug-likeness (QED) is 0.515. The van der Waals surface area contributed by atoms with Gasteiger partial charge in [-0.2, -0.15) is 0 Å². The molecular weight excluding hydrogens is 413 g/mol. The predicted octanol–water partition coefficient (Wildman–Crippen LogP) is 4.55. The van der Waals surface area contributed by atoms with Crippen LogP contribution in [0, 0.1) is 11.7 Å². The lowest BCUT2D eigenvalue weighted by Gasteiger charge is -2.25. The third-order valence-corrected chi connectivity index (χ3v) is 5.60. The van der Waals surface area contributed by atoms with E-state index >= 15 is 0 Å². The minimum absolute atomic E-state index is 0.0126. The van der Waals surface area contributed by atoms with Crippen LogP contribution in [-0.4, -0.2) is 37.7 Å². The van der Waals surface area contributed by atoms with Crippen LogP contribution >= 0.6 is 0 Å². The lowest BCUT2D eigenvalue weighted by Crippen LogP contribution is -2.32. The van der Waals surface area contributed by atoms with Crippen molar-refractivity contribution in [2.75, 3.05) is 26.9 Å². The fourth-order valence-electron chi connectivity index (χ4n) is 3.95. The average Bonchev–Trinajstić information content (AvgIpc) is 3.05. The van der Waals surface area contributed by atoms with Crippen LogP contribution in [0.5, 0.6) is 5.75 Å². The smallest absolute Gasteiger partial charge is 0.290 e. The molecule has 0 saturated heterocycles. The van der Waals surface area contributed by atoms with Gasteiger partial charge in [0.2, 0.25) is 5.76 Å². The van der Waals surface area contributed by atoms with Crippen molar-refractivity contribution in [3.05, 3.63) is 75.4 Å². The molecule has 1 aliphatic heterocycles. The maximum atomic E-state index is 13.8. The summed E-state index contributed by atoms with van der Waals surface area (Å²) in [4.78, 5) is 28.2. The molecule has 0 aliphatic carbocycles. The maximum absolute atomic E-state index is 13.8. The summed E-state index contributed by atoms with van der Waals surface area (Å²) in [5, 5.41) is 0.111. The van der Waals surface area contributed by atoms with E-state index in [2.05, 4.69) is 13.8 Å². The van der Waals surface area contributed by atoms with Gasteiger partial charge >= 0.3 is 0 Å². The number of ether oxygens (including phenoxy) is 2. The first-order chi connectivity index (χ1) is 15.4. The van der Waals surface area contributed by atoms with Gasteiger partial charge < -0.3 is 18.8 Å². The normalized spacial score (nSPS) is 15.6. The lowest BCUT2D eigenvalue weighted by molar-refractivity contribution is 0.0663. The number of amides is 1. The van der Waals surface area contributed by atoms with E-state index in [0.717, 1.165) is 18.1 Å². The fraction of sp³-hybridized carbons (Fsp3) is 0.360. The van der Waals surface area contributed by atoms with Crippen molar-refractivity contribution in [1.29, 1.82) is 0 Å². The van der Waals surface area contributed by atoms with Gasteiger partial charge in [-0.3, -0.25) is 9.59 Å². The standard InChI is InChI=1S/C25H26FNO5/c1-15(2)9-11-31-18-6-4-5-16(13-18)22-21-23(28)19-14-17(26)7-8-20(19)32-24(21)25(29)27(22)10-12-30-3/h4-8,13-15,22H,9-12H2,1-3H3. The number of halogens is 1. The molecule has 4 rings (SSSR count). The first-order valence-corrected chi connectivity index (χ1v) is 10.7. The van der Waals surface area contributed by atoms with E-state index in [4.69, 9.17) is 13.9 Å². The summed E-state index contributed by atoms with van der Waals surface area (Å²) in [5.41, 5.74) is 0.702. The van der Waals surface area contributed by atoms with Crippen LogP contribution < -0.4 is 10.2 Å². The van der Waals surface area contributed by atoms with Gasteiger partial charge in [-0.15, -0.1) is 0 Å². The van der Waals surface area contributed by atoms with Crippen molar-refractivity contribution < 1.29 is 23.1 Å². The number of methoxy groups -OCH3 is 1. The number of carbonyl (C=O) groups is 1. The van der Waals surface area contributed by atoms with Gasteiger partial charge in [0.05, 0.1) is 30.2 Å². The molecule has 2 aromatic carbocycles. The van der Waals surface area contributed by atoms with E-state index in [0.29, 0.717) is 24.9 Å². The molecule has 0 fully saturated rings. The molecule has 168 valence electrons. The summed E-state index contributed by atoms with van der Waals surface area (Å²) in [6.07, 6.45) is 0.913. The highest BCUT2D eigenvalue weighted by atomic mass is 19.1. The molecular formula is C25H26FNO5. The Morgan fingerprint density at radius 1 is 1.12 bits per heavy atom. The zero-order valence-corrected chi connectivity index (χ0v) is 18.4. The Labute approximate surface area is 185 Å². The fourth-order valence-corrected chi connectivity index (χ4v) is 3.95. The Balaban J connectivity index is 1.81. The molecule has 1 atom stereocenters. The summed E-state index contributed by atoms with van der Waals surface area (Å²) in [7, 11) is 1.55. The van der Waals surface area contributed by atoms with Crippen molar-refractivity contribution in [2.45, 2.75) is 26.3 Å². The second-order valence-electron chi connectivity index (χ2n) is 8.31. The molecule has 1 amide bonds. The van der Waals surface area contributed by atoms with Crippen LogP contribution in [0.15, 0.2) is 51.7 Å². The SMILES string of the molecule is COCCN1C(=O)c2oc3ccc(F)cc3c(=O)c2C1c1cccc(OCCC(C)C)c1. The largest absolute Gasteiger partial charge is 0.494 e. The molecule has 1 aromatic heterocycles. The highest BCUT2D eigenvalue weighted by molar-refractivity contribution is 5.99. The number of rotatable bonds is 8. The van der Waals surface area contributed by atoms with Gasteiger partial charge in [0.15, 0.2) is 5.43 Å². The Morgan fingerprint density at radius 2 is 1.94 bits per heavy atom. The Kier molecular flexibility index (Phi) is 6.28. The van der Waals surface area contributed by atoms with Crippen LogP contribution in [0.3, 0.4) is 0 Å². The van der Waals surface area contributed by atoms with Crippen LogP contribution in [-0.2, 0) is 4.74 Å². The topological polar surface area (TPSA) is 69.0 Å². The molecule has 3 aromatic rings. The van der Waals surface area contributed by atoms with E-state index in [9.17, 15) is 14.0 Å². The van der Waals surface area contributed by atoms with Crippen molar-refractivity contribution in [3.63, 3.8) is 0 Å². The summed E-state index contributed by atoms with van der Waals surface area (Å²) < 4.78 is 30.7. The van der Waals surface area contributed by atoms with Gasteiger partial charge in [-0.25, -0.2) is 4.39 Å². The number of benzene rings is 2. The molecule has 2 heterocycles. The van der Waals surface area contributed by atoms with E-state index in [1.165, 1.54) is 12.1 Å². The van der Waals surface area contributed by atoms with Gasteiger partial charge in [0, 0.05) is 13.7 Å². The van der Waals surface area contributed by atoms with Crippen LogP contribution in [0.4, 0.5) is 4.39 Å². The Morgan fingerprint density at radius 3 is 2.69 bits per heavy atom. The molecule has 1 unspecified atom stereocenters. The zero-order chi connectivity index (χ0) is 22.8. The van der Waals surface area contributed by atoms with Crippen LogP contribution in [0.25, 0.3) is 11.0 Å². The average molecular weight is 439 g/mol. The second-order valence-corrected chi connectivity index (χ2v) is 8.31. The summed E-state index contributed by atoms with van der Waals surface area (Å²) in [6.45, 7) is 5.39. The highest BCUT2D eigenvalue weighted by Crippen LogP contribution is 2.39. The molecule has 6 nitrogen and oxygen atoms in total. The van der Waals surface area contributed by atoms with E-state index in [1.54, 1.807) is 12.0 Å². The first-order valence-electron chi connectivity index (χ1n) is 10.7. The molecule has 7 heteroatoms. The van der Waals surface area contributed by atoms with Crippen molar-refractivity contribution in [2.24, 2.45) is 5.92 Å². The zero-order valence-electron chi connectivity index (χ0n) is 18.4. The minimum Gasteiger partial charge on any atom is -0.494 e. The number of carbonyl (C=O) groups excluding carboxylic acids is 1. The maximum Gasteiger partial charge on any atom is 0.290 e. The Hall–Kier alpha value is -3.19. The first kappa shape index (κ1) is 22.0. The molecule has 0 spiro atoms. The lowest BCUT2D eigenvalue weighted by atomic mass is 9.98. The molecule has 32 heavy (non-hydrogen) atoms. The molecule has 0 radical (unpaired) electrons.